The van der Waals surface area contributed by atoms with Gasteiger partial charge in [0.05, 0.1) is 0 Å². The first kappa shape index (κ1) is 19.3. The Morgan fingerprint density at radius 1 is 0.821 bits per heavy atom. The number of carbonyl (C=O) groups is 2. The van der Waals surface area contributed by atoms with Crippen molar-refractivity contribution in [2.24, 2.45) is 0 Å². The van der Waals surface area contributed by atoms with E-state index in [1.54, 1.807) is 36.4 Å². The van der Waals surface area contributed by atoms with Crippen LogP contribution in [0.5, 0.6) is 0 Å². The SMILES string of the molecule is CCc1ccccc1NC(=O)c1cccc(C(=O)NCc2ccccc2F)c1. The summed E-state index contributed by atoms with van der Waals surface area (Å²) in [5.41, 5.74) is 2.91. The number of anilines is 1. The third kappa shape index (κ3) is 4.62. The van der Waals surface area contributed by atoms with Crippen LogP contribution in [0.3, 0.4) is 0 Å². The van der Waals surface area contributed by atoms with Crippen molar-refractivity contribution < 1.29 is 14.0 Å². The Hall–Kier alpha value is -3.47. The number of hydrogen-bond donors (Lipinski definition) is 2. The molecule has 0 aromatic heterocycles. The second-order valence-corrected chi connectivity index (χ2v) is 6.32. The zero-order valence-electron chi connectivity index (χ0n) is 15.5. The number of benzene rings is 3. The van der Waals surface area contributed by atoms with Crippen LogP contribution in [0.2, 0.25) is 0 Å². The van der Waals surface area contributed by atoms with Gasteiger partial charge in [0.2, 0.25) is 0 Å². The molecule has 5 heteroatoms. The molecule has 0 aliphatic carbocycles. The van der Waals surface area contributed by atoms with E-state index in [0.717, 1.165) is 17.7 Å². The number of halogens is 1. The summed E-state index contributed by atoms with van der Waals surface area (Å²) in [5, 5.41) is 5.57. The lowest BCUT2D eigenvalue weighted by atomic mass is 10.1. The van der Waals surface area contributed by atoms with Crippen molar-refractivity contribution in [1.82, 2.24) is 5.32 Å². The molecule has 0 spiro atoms. The summed E-state index contributed by atoms with van der Waals surface area (Å²) in [5.74, 6) is -1.03. The third-order valence-electron chi connectivity index (χ3n) is 4.43. The molecule has 3 aromatic rings. The van der Waals surface area contributed by atoms with Gasteiger partial charge in [0, 0.05) is 28.9 Å². The zero-order valence-corrected chi connectivity index (χ0v) is 15.5. The Kier molecular flexibility index (Phi) is 6.17. The van der Waals surface area contributed by atoms with Crippen molar-refractivity contribution in [3.8, 4) is 0 Å². The summed E-state index contributed by atoms with van der Waals surface area (Å²) < 4.78 is 13.7. The van der Waals surface area contributed by atoms with Crippen molar-refractivity contribution >= 4 is 17.5 Å². The van der Waals surface area contributed by atoms with E-state index in [2.05, 4.69) is 10.6 Å². The Labute approximate surface area is 163 Å². The fourth-order valence-corrected chi connectivity index (χ4v) is 2.87. The molecule has 0 heterocycles. The summed E-state index contributed by atoms with van der Waals surface area (Å²) in [4.78, 5) is 25.0. The van der Waals surface area contributed by atoms with Crippen molar-refractivity contribution in [3.05, 3.63) is 101 Å². The highest BCUT2D eigenvalue weighted by Crippen LogP contribution is 2.17. The van der Waals surface area contributed by atoms with Crippen molar-refractivity contribution in [3.63, 3.8) is 0 Å². The average molecular weight is 376 g/mol. The van der Waals surface area contributed by atoms with Gasteiger partial charge in [0.25, 0.3) is 11.8 Å². The molecule has 0 saturated heterocycles. The lowest BCUT2D eigenvalue weighted by Gasteiger charge is -2.11. The summed E-state index contributed by atoms with van der Waals surface area (Å²) in [6.07, 6.45) is 0.801. The smallest absolute Gasteiger partial charge is 0.255 e. The minimum Gasteiger partial charge on any atom is -0.348 e. The van der Waals surface area contributed by atoms with E-state index in [9.17, 15) is 14.0 Å². The molecule has 3 aromatic carbocycles. The number of para-hydroxylation sites is 1. The predicted octanol–water partition coefficient (Wildman–Crippen LogP) is 4.57. The van der Waals surface area contributed by atoms with E-state index in [1.807, 2.05) is 31.2 Å². The lowest BCUT2D eigenvalue weighted by molar-refractivity contribution is 0.0950. The molecule has 0 saturated carbocycles. The molecule has 0 fully saturated rings. The number of amides is 2. The Morgan fingerprint density at radius 2 is 1.46 bits per heavy atom. The fourth-order valence-electron chi connectivity index (χ4n) is 2.87. The van der Waals surface area contributed by atoms with Crippen LogP contribution in [-0.2, 0) is 13.0 Å². The van der Waals surface area contributed by atoms with Crippen molar-refractivity contribution in [2.75, 3.05) is 5.32 Å². The van der Waals surface area contributed by atoms with Crippen LogP contribution < -0.4 is 10.6 Å². The molecule has 4 nitrogen and oxygen atoms in total. The van der Waals surface area contributed by atoms with Gasteiger partial charge in [-0.1, -0.05) is 49.4 Å². The zero-order chi connectivity index (χ0) is 19.9. The van der Waals surface area contributed by atoms with Crippen LogP contribution in [0, 0.1) is 5.82 Å². The monoisotopic (exact) mass is 376 g/mol. The first-order valence-corrected chi connectivity index (χ1v) is 9.09. The lowest BCUT2D eigenvalue weighted by Crippen LogP contribution is -2.24. The van der Waals surface area contributed by atoms with Gasteiger partial charge in [-0.3, -0.25) is 9.59 Å². The second-order valence-electron chi connectivity index (χ2n) is 6.32. The van der Waals surface area contributed by atoms with Crippen LogP contribution in [0.4, 0.5) is 10.1 Å². The minimum absolute atomic E-state index is 0.0752. The molecule has 3 rings (SSSR count). The van der Waals surface area contributed by atoms with Gasteiger partial charge in [0.1, 0.15) is 5.82 Å². The number of nitrogens with one attached hydrogen (secondary N) is 2. The first-order valence-electron chi connectivity index (χ1n) is 9.09. The van der Waals surface area contributed by atoms with Gasteiger partial charge in [-0.15, -0.1) is 0 Å². The topological polar surface area (TPSA) is 58.2 Å². The van der Waals surface area contributed by atoms with Crippen LogP contribution in [0.15, 0.2) is 72.8 Å². The van der Waals surface area contributed by atoms with E-state index in [0.29, 0.717) is 16.7 Å². The molecule has 0 aliphatic heterocycles. The third-order valence-corrected chi connectivity index (χ3v) is 4.43. The Balaban J connectivity index is 1.70. The van der Waals surface area contributed by atoms with Crippen LogP contribution >= 0.6 is 0 Å². The molecule has 2 N–H and O–H groups in total. The number of aryl methyl sites for hydroxylation is 1. The van der Waals surface area contributed by atoms with E-state index in [1.165, 1.54) is 12.1 Å². The van der Waals surface area contributed by atoms with Crippen LogP contribution in [0.25, 0.3) is 0 Å². The van der Waals surface area contributed by atoms with Gasteiger partial charge < -0.3 is 10.6 Å². The summed E-state index contributed by atoms with van der Waals surface area (Å²) in [6.45, 7) is 2.09. The van der Waals surface area contributed by atoms with E-state index in [4.69, 9.17) is 0 Å². The summed E-state index contributed by atoms with van der Waals surface area (Å²) >= 11 is 0. The molecule has 0 bridgehead atoms. The molecule has 142 valence electrons. The Morgan fingerprint density at radius 3 is 2.18 bits per heavy atom. The maximum Gasteiger partial charge on any atom is 0.255 e. The maximum absolute atomic E-state index is 13.7. The maximum atomic E-state index is 13.7. The molecule has 0 radical (unpaired) electrons. The normalized spacial score (nSPS) is 10.4. The molecule has 0 aliphatic rings. The summed E-state index contributed by atoms with van der Waals surface area (Å²) in [6, 6.07) is 20.3. The quantitative estimate of drug-likeness (QED) is 0.662. The van der Waals surface area contributed by atoms with Crippen molar-refractivity contribution in [2.45, 2.75) is 19.9 Å². The number of carbonyl (C=O) groups excluding carboxylic acids is 2. The van der Waals surface area contributed by atoms with Crippen molar-refractivity contribution in [1.29, 1.82) is 0 Å². The highest BCUT2D eigenvalue weighted by atomic mass is 19.1. The summed E-state index contributed by atoms with van der Waals surface area (Å²) in [7, 11) is 0. The molecule has 2 amide bonds. The number of rotatable bonds is 6. The van der Waals surface area contributed by atoms with Crippen LogP contribution in [-0.4, -0.2) is 11.8 Å². The van der Waals surface area contributed by atoms with Gasteiger partial charge in [0.15, 0.2) is 0 Å². The van der Waals surface area contributed by atoms with Gasteiger partial charge in [-0.2, -0.15) is 0 Å². The van der Waals surface area contributed by atoms with Crippen LogP contribution in [0.1, 0.15) is 38.8 Å². The highest BCUT2D eigenvalue weighted by Gasteiger charge is 2.12. The minimum atomic E-state index is -0.370. The molecule has 28 heavy (non-hydrogen) atoms. The molecule has 0 unspecified atom stereocenters. The Bertz CT molecular complexity index is 1000. The highest BCUT2D eigenvalue weighted by molar-refractivity contribution is 6.06. The fraction of sp³-hybridized carbons (Fsp3) is 0.130. The largest absolute Gasteiger partial charge is 0.348 e. The van der Waals surface area contributed by atoms with Gasteiger partial charge in [-0.25, -0.2) is 4.39 Å². The standard InChI is InChI=1S/C23H21FN2O2/c1-2-16-8-4-6-13-21(16)26-23(28)18-11-7-10-17(14-18)22(27)25-15-19-9-3-5-12-20(19)24/h3-14H,2,15H2,1H3,(H,25,27)(H,26,28). The molecular formula is C23H21FN2O2. The average Bonchev–Trinajstić information content (AvgIpc) is 2.73. The van der Waals surface area contributed by atoms with E-state index in [-0.39, 0.29) is 24.2 Å². The van der Waals surface area contributed by atoms with Gasteiger partial charge >= 0.3 is 0 Å². The predicted molar refractivity (Wildman–Crippen MR) is 108 cm³/mol. The van der Waals surface area contributed by atoms with E-state index < -0.39 is 0 Å². The molecule has 0 atom stereocenters. The van der Waals surface area contributed by atoms with Gasteiger partial charge in [-0.05, 0) is 42.3 Å². The van der Waals surface area contributed by atoms with E-state index >= 15 is 0 Å². The first-order chi connectivity index (χ1) is 13.6. The second kappa shape index (κ2) is 8.95. The molecular weight excluding hydrogens is 355 g/mol. The number of hydrogen-bond acceptors (Lipinski definition) is 2.